The third kappa shape index (κ3) is 5.19. The van der Waals surface area contributed by atoms with E-state index in [0.717, 1.165) is 5.56 Å². The lowest BCUT2D eigenvalue weighted by Gasteiger charge is -2.25. The molecule has 1 rings (SSSR count). The van der Waals surface area contributed by atoms with Gasteiger partial charge in [-0.1, -0.05) is 53.0 Å². The van der Waals surface area contributed by atoms with Crippen LogP contribution in [0.3, 0.4) is 0 Å². The second kappa shape index (κ2) is 6.80. The number of hydrogen-bond acceptors (Lipinski definition) is 1. The van der Waals surface area contributed by atoms with Crippen LogP contribution in [0.25, 0.3) is 0 Å². The maximum atomic E-state index is 12.2. The van der Waals surface area contributed by atoms with Crippen LogP contribution in [0.4, 0.5) is 0 Å². The summed E-state index contributed by atoms with van der Waals surface area (Å²) in [4.78, 5) is 12.2. The summed E-state index contributed by atoms with van der Waals surface area (Å²) in [6.07, 6.45) is -0.635. The lowest BCUT2D eigenvalue weighted by molar-refractivity contribution is -0.717. The molecule has 3 N–H and O–H groups in total. The summed E-state index contributed by atoms with van der Waals surface area (Å²) in [5.41, 5.74) is 1.46. The number of halogens is 3. The predicted octanol–water partition coefficient (Wildman–Crippen LogP) is 2.39. The monoisotopic (exact) mass is 323 g/mol. The second-order valence-electron chi connectivity index (χ2n) is 4.74. The molecule has 0 aliphatic rings. The van der Waals surface area contributed by atoms with Crippen molar-refractivity contribution < 1.29 is 10.1 Å². The van der Waals surface area contributed by atoms with Crippen molar-refractivity contribution in [2.75, 3.05) is 0 Å². The molecule has 1 aromatic rings. The van der Waals surface area contributed by atoms with Crippen molar-refractivity contribution in [1.29, 1.82) is 0 Å². The quantitative estimate of drug-likeness (QED) is 0.648. The van der Waals surface area contributed by atoms with Crippen LogP contribution in [-0.2, 0) is 0 Å². The number of benzene rings is 1. The van der Waals surface area contributed by atoms with Gasteiger partial charge in [-0.15, -0.1) is 0 Å². The number of nitrogens with one attached hydrogen (secondary N) is 1. The third-order valence-corrected chi connectivity index (χ3v) is 3.31. The molecule has 1 amide bonds. The molecule has 106 valence electrons. The van der Waals surface area contributed by atoms with Gasteiger partial charge in [-0.25, -0.2) is 0 Å². The van der Waals surface area contributed by atoms with Crippen molar-refractivity contribution in [1.82, 2.24) is 5.32 Å². The summed E-state index contributed by atoms with van der Waals surface area (Å²) in [5, 5.41) is 4.56. The van der Waals surface area contributed by atoms with E-state index < -0.39 is 9.96 Å². The minimum atomic E-state index is -1.57. The Morgan fingerprint density at radius 2 is 1.84 bits per heavy atom. The fourth-order valence-corrected chi connectivity index (χ4v) is 2.05. The Morgan fingerprint density at radius 3 is 2.32 bits per heavy atom. The van der Waals surface area contributed by atoms with Crippen molar-refractivity contribution in [2.24, 2.45) is 0 Å². The Kier molecular flexibility index (Phi) is 5.93. The molecule has 1 atom stereocenters. The van der Waals surface area contributed by atoms with Gasteiger partial charge in [0.1, 0.15) is 0 Å². The highest BCUT2D eigenvalue weighted by Gasteiger charge is 2.38. The molecule has 0 bridgehead atoms. The molecule has 0 aliphatic carbocycles. The van der Waals surface area contributed by atoms with Crippen LogP contribution in [-0.4, -0.2) is 21.9 Å². The van der Waals surface area contributed by atoms with Gasteiger partial charge >= 0.3 is 0 Å². The number of hydrogen-bond donors (Lipinski definition) is 2. The van der Waals surface area contributed by atoms with Gasteiger partial charge in [0.2, 0.25) is 6.17 Å². The number of quaternary nitrogens is 1. The maximum absolute atomic E-state index is 12.2. The topological polar surface area (TPSA) is 45.7 Å². The van der Waals surface area contributed by atoms with E-state index in [4.69, 9.17) is 34.8 Å². The van der Waals surface area contributed by atoms with E-state index in [0.29, 0.717) is 5.56 Å². The SMILES string of the molecule is Cc1ccccc1C(=O)N[C@@H]([NH2+]C(C)C)C(Cl)(Cl)Cl. The maximum Gasteiger partial charge on any atom is 0.262 e. The average molecular weight is 325 g/mol. The Balaban J connectivity index is 2.86. The standard InChI is InChI=1S/C13H17Cl3N2O/c1-8(2)17-12(13(14,15)16)18-11(19)10-7-5-4-6-9(10)3/h4-8,12,17H,1-3H3,(H,18,19)/p+1/t12-/m1/s1. The highest BCUT2D eigenvalue weighted by molar-refractivity contribution is 6.68. The summed E-state index contributed by atoms with van der Waals surface area (Å²) >= 11 is 17.7. The third-order valence-electron chi connectivity index (χ3n) is 2.61. The molecule has 0 saturated heterocycles. The average Bonchev–Trinajstić information content (AvgIpc) is 2.26. The smallest absolute Gasteiger partial charge is 0.262 e. The van der Waals surface area contributed by atoms with Gasteiger partial charge in [-0.05, 0) is 32.4 Å². The zero-order chi connectivity index (χ0) is 14.6. The molecular formula is C13H18Cl3N2O+. The van der Waals surface area contributed by atoms with E-state index >= 15 is 0 Å². The van der Waals surface area contributed by atoms with Crippen molar-refractivity contribution >= 4 is 40.7 Å². The van der Waals surface area contributed by atoms with Gasteiger partial charge < -0.3 is 5.32 Å². The van der Waals surface area contributed by atoms with Gasteiger partial charge in [0.15, 0.2) is 0 Å². The summed E-state index contributed by atoms with van der Waals surface area (Å²) in [6.45, 7) is 5.79. The van der Waals surface area contributed by atoms with E-state index in [-0.39, 0.29) is 11.9 Å². The van der Waals surface area contributed by atoms with Crippen LogP contribution in [0.2, 0.25) is 0 Å². The first kappa shape index (κ1) is 16.6. The summed E-state index contributed by atoms with van der Waals surface area (Å²) in [6, 6.07) is 7.48. The van der Waals surface area contributed by atoms with Crippen LogP contribution in [0.15, 0.2) is 24.3 Å². The molecular weight excluding hydrogens is 307 g/mol. The number of nitrogens with two attached hydrogens (primary N) is 1. The molecule has 0 fully saturated rings. The molecule has 0 unspecified atom stereocenters. The lowest BCUT2D eigenvalue weighted by atomic mass is 10.1. The Bertz CT molecular complexity index is 444. The molecule has 0 spiro atoms. The highest BCUT2D eigenvalue weighted by Crippen LogP contribution is 2.27. The van der Waals surface area contributed by atoms with Crippen molar-refractivity contribution in [2.45, 2.75) is 36.8 Å². The van der Waals surface area contributed by atoms with Gasteiger partial charge in [-0.2, -0.15) is 0 Å². The summed E-state index contributed by atoms with van der Waals surface area (Å²) in [7, 11) is 0. The summed E-state index contributed by atoms with van der Waals surface area (Å²) in [5.74, 6) is -0.244. The van der Waals surface area contributed by atoms with Crippen LogP contribution < -0.4 is 10.6 Å². The van der Waals surface area contributed by atoms with Crippen molar-refractivity contribution in [3.05, 3.63) is 35.4 Å². The minimum absolute atomic E-state index is 0.192. The number of carbonyl (C=O) groups is 1. The predicted molar refractivity (Wildman–Crippen MR) is 79.8 cm³/mol. The molecule has 1 aromatic carbocycles. The largest absolute Gasteiger partial charge is 0.321 e. The molecule has 6 heteroatoms. The van der Waals surface area contributed by atoms with Crippen molar-refractivity contribution in [3.63, 3.8) is 0 Å². The Morgan fingerprint density at radius 1 is 1.26 bits per heavy atom. The number of rotatable bonds is 4. The molecule has 3 nitrogen and oxygen atoms in total. The van der Waals surface area contributed by atoms with Gasteiger partial charge in [0.25, 0.3) is 9.70 Å². The van der Waals surface area contributed by atoms with Crippen LogP contribution in [0, 0.1) is 6.92 Å². The fraction of sp³-hybridized carbons (Fsp3) is 0.462. The summed E-state index contributed by atoms with van der Waals surface area (Å²) < 4.78 is -1.57. The van der Waals surface area contributed by atoms with E-state index in [2.05, 4.69) is 5.32 Å². The van der Waals surface area contributed by atoms with E-state index in [1.54, 1.807) is 12.1 Å². The first-order chi connectivity index (χ1) is 8.71. The number of aryl methyl sites for hydroxylation is 1. The molecule has 0 aromatic heterocycles. The molecule has 0 saturated carbocycles. The number of carbonyl (C=O) groups excluding carboxylic acids is 1. The van der Waals surface area contributed by atoms with Crippen molar-refractivity contribution in [3.8, 4) is 0 Å². The molecule has 19 heavy (non-hydrogen) atoms. The van der Waals surface area contributed by atoms with Gasteiger partial charge in [0.05, 0.1) is 6.04 Å². The van der Waals surface area contributed by atoms with E-state index in [1.165, 1.54) is 0 Å². The lowest BCUT2D eigenvalue weighted by Crippen LogP contribution is -2.99. The van der Waals surface area contributed by atoms with Gasteiger partial charge in [-0.3, -0.25) is 10.1 Å². The van der Waals surface area contributed by atoms with Crippen LogP contribution in [0.1, 0.15) is 29.8 Å². The minimum Gasteiger partial charge on any atom is -0.321 e. The molecule has 0 aliphatic heterocycles. The van der Waals surface area contributed by atoms with Crippen LogP contribution in [0.5, 0.6) is 0 Å². The first-order valence-electron chi connectivity index (χ1n) is 6.00. The Hall–Kier alpha value is -0.480. The van der Waals surface area contributed by atoms with E-state index in [9.17, 15) is 4.79 Å². The normalized spacial score (nSPS) is 13.4. The van der Waals surface area contributed by atoms with E-state index in [1.807, 2.05) is 38.2 Å². The highest BCUT2D eigenvalue weighted by atomic mass is 35.6. The zero-order valence-electron chi connectivity index (χ0n) is 11.1. The van der Waals surface area contributed by atoms with Crippen LogP contribution >= 0.6 is 34.8 Å². The van der Waals surface area contributed by atoms with Gasteiger partial charge in [0, 0.05) is 5.56 Å². The number of amides is 1. The zero-order valence-corrected chi connectivity index (χ0v) is 13.4. The first-order valence-corrected chi connectivity index (χ1v) is 7.13. The molecule has 0 radical (unpaired) electrons. The number of alkyl halides is 3. The fourth-order valence-electron chi connectivity index (χ4n) is 1.67. The second-order valence-corrected chi connectivity index (χ2v) is 7.11. The molecule has 0 heterocycles. The Labute approximate surface area is 128 Å².